The number of amides is 1. The Bertz CT molecular complexity index is 586. The van der Waals surface area contributed by atoms with Gasteiger partial charge in [-0.2, -0.15) is 0 Å². The van der Waals surface area contributed by atoms with Crippen LogP contribution in [0.4, 0.5) is 4.39 Å². The molecule has 0 aliphatic carbocycles. The molecule has 1 heterocycles. The molecule has 0 bridgehead atoms. The summed E-state index contributed by atoms with van der Waals surface area (Å²) >= 11 is 0. The molecular weight excluding hydrogens is 275 g/mol. The Morgan fingerprint density at radius 3 is 2.62 bits per heavy atom. The minimum atomic E-state index is -1.28. The second-order valence-electron chi connectivity index (χ2n) is 5.83. The van der Waals surface area contributed by atoms with E-state index in [1.165, 1.54) is 12.1 Å². The molecule has 2 rings (SSSR count). The van der Waals surface area contributed by atoms with E-state index in [2.05, 4.69) is 0 Å². The Hall–Kier alpha value is -1.95. The van der Waals surface area contributed by atoms with Gasteiger partial charge in [-0.15, -0.1) is 0 Å². The van der Waals surface area contributed by atoms with Crippen LogP contribution in [0.3, 0.4) is 0 Å². The molecule has 1 N–H and O–H groups in total. The van der Waals surface area contributed by atoms with Crippen molar-refractivity contribution in [1.82, 2.24) is 9.80 Å². The number of hydrogen-bond acceptors (Lipinski definition) is 3. The number of piperazine rings is 1. The third-order valence-corrected chi connectivity index (χ3v) is 4.00. The lowest BCUT2D eigenvalue weighted by molar-refractivity contribution is -0.147. The Balaban J connectivity index is 2.20. The molecule has 6 heteroatoms. The topological polar surface area (TPSA) is 60.9 Å². The van der Waals surface area contributed by atoms with Gasteiger partial charge in [-0.25, -0.2) is 9.18 Å². The first-order chi connectivity index (χ1) is 9.73. The Labute approximate surface area is 123 Å². The summed E-state index contributed by atoms with van der Waals surface area (Å²) in [5.41, 5.74) is -0.343. The maximum absolute atomic E-state index is 13.7. The molecule has 1 aliphatic heterocycles. The van der Waals surface area contributed by atoms with Gasteiger partial charge in [-0.3, -0.25) is 9.69 Å². The number of carboxylic acids is 1. The lowest BCUT2D eigenvalue weighted by Crippen LogP contribution is -2.61. The molecule has 0 spiro atoms. The summed E-state index contributed by atoms with van der Waals surface area (Å²) in [6.07, 6.45) is 0. The molecule has 0 saturated carbocycles. The van der Waals surface area contributed by atoms with Crippen LogP contribution in [0.2, 0.25) is 0 Å². The van der Waals surface area contributed by atoms with Crippen LogP contribution < -0.4 is 0 Å². The van der Waals surface area contributed by atoms with Crippen LogP contribution in [-0.4, -0.2) is 52.5 Å². The summed E-state index contributed by atoms with van der Waals surface area (Å²) < 4.78 is 13.7. The Morgan fingerprint density at radius 1 is 1.38 bits per heavy atom. The van der Waals surface area contributed by atoms with Crippen molar-refractivity contribution >= 4 is 11.9 Å². The maximum atomic E-state index is 13.7. The molecule has 1 amide bonds. The van der Waals surface area contributed by atoms with Crippen molar-refractivity contribution in [3.8, 4) is 0 Å². The smallest absolute Gasteiger partial charge is 0.338 e. The molecule has 0 aromatic heterocycles. The number of aromatic carboxylic acids is 1. The quantitative estimate of drug-likeness (QED) is 0.919. The minimum absolute atomic E-state index is 0.0244. The molecule has 1 aliphatic rings. The summed E-state index contributed by atoms with van der Waals surface area (Å²) in [4.78, 5) is 26.7. The zero-order valence-corrected chi connectivity index (χ0v) is 12.4. The monoisotopic (exact) mass is 294 g/mol. The lowest BCUT2D eigenvalue weighted by Gasteiger charge is -2.44. The first-order valence-electron chi connectivity index (χ1n) is 6.76. The van der Waals surface area contributed by atoms with Gasteiger partial charge in [-0.05, 0) is 31.5 Å². The highest BCUT2D eigenvalue weighted by atomic mass is 19.1. The fourth-order valence-electron chi connectivity index (χ4n) is 2.58. The van der Waals surface area contributed by atoms with E-state index in [0.717, 1.165) is 0 Å². The van der Waals surface area contributed by atoms with Crippen LogP contribution in [0.5, 0.6) is 0 Å². The highest BCUT2D eigenvalue weighted by Gasteiger charge is 2.40. The van der Waals surface area contributed by atoms with E-state index in [1.807, 2.05) is 18.7 Å². The van der Waals surface area contributed by atoms with Gasteiger partial charge in [0.15, 0.2) is 0 Å². The van der Waals surface area contributed by atoms with E-state index in [-0.39, 0.29) is 11.5 Å². The molecule has 1 aromatic carbocycles. The molecule has 114 valence electrons. The molecule has 21 heavy (non-hydrogen) atoms. The number of benzene rings is 1. The normalized spacial score (nSPS) is 18.9. The number of nitrogens with zero attached hydrogens (tertiary/aromatic N) is 2. The minimum Gasteiger partial charge on any atom is -0.478 e. The fraction of sp³-hybridized carbons (Fsp3) is 0.467. The number of halogens is 1. The maximum Gasteiger partial charge on any atom is 0.338 e. The molecule has 0 radical (unpaired) electrons. The number of carboxylic acid groups (broad SMARTS) is 1. The summed E-state index contributed by atoms with van der Waals surface area (Å²) in [6, 6.07) is 4.08. The molecule has 0 atom stereocenters. The fourth-order valence-corrected chi connectivity index (χ4v) is 2.58. The molecule has 5 nitrogen and oxygen atoms in total. The number of likely N-dealkylation sites (N-methyl/N-ethyl adjacent to an activating group) is 1. The zero-order valence-electron chi connectivity index (χ0n) is 12.4. The largest absolute Gasteiger partial charge is 0.478 e. The van der Waals surface area contributed by atoms with E-state index in [0.29, 0.717) is 25.2 Å². The van der Waals surface area contributed by atoms with Gasteiger partial charge in [-0.1, -0.05) is 6.07 Å². The molecule has 1 aromatic rings. The van der Waals surface area contributed by atoms with Crippen LogP contribution >= 0.6 is 0 Å². The van der Waals surface area contributed by atoms with Crippen molar-refractivity contribution < 1.29 is 19.1 Å². The molecular formula is C15H19FN2O3. The van der Waals surface area contributed by atoms with Crippen LogP contribution in [0.1, 0.15) is 29.8 Å². The van der Waals surface area contributed by atoms with Crippen molar-refractivity contribution in [3.63, 3.8) is 0 Å². The summed E-state index contributed by atoms with van der Waals surface area (Å²) in [5.74, 6) is -2.01. The predicted molar refractivity (Wildman–Crippen MR) is 75.5 cm³/mol. The van der Waals surface area contributed by atoms with Gasteiger partial charge in [0.25, 0.3) is 0 Å². The predicted octanol–water partition coefficient (Wildman–Crippen LogP) is 1.58. The van der Waals surface area contributed by atoms with Crippen LogP contribution in [0.25, 0.3) is 0 Å². The number of hydrogen-bond donors (Lipinski definition) is 1. The SMILES string of the molecule is CN1CCN(Cc2ccc(C(=O)O)c(F)c2)C(C)(C)C1=O. The van der Waals surface area contributed by atoms with Gasteiger partial charge < -0.3 is 10.0 Å². The Kier molecular flexibility index (Phi) is 4.00. The highest BCUT2D eigenvalue weighted by Crippen LogP contribution is 2.24. The number of rotatable bonds is 3. The first kappa shape index (κ1) is 15.4. The highest BCUT2D eigenvalue weighted by molar-refractivity contribution is 5.88. The third-order valence-electron chi connectivity index (χ3n) is 4.00. The van der Waals surface area contributed by atoms with Crippen LogP contribution in [0, 0.1) is 5.82 Å². The summed E-state index contributed by atoms with van der Waals surface area (Å²) in [6.45, 7) is 5.40. The van der Waals surface area contributed by atoms with Gasteiger partial charge in [0.2, 0.25) is 5.91 Å². The Morgan fingerprint density at radius 2 is 2.05 bits per heavy atom. The van der Waals surface area contributed by atoms with E-state index in [9.17, 15) is 14.0 Å². The standard InChI is InChI=1S/C15H19FN2O3/c1-15(2)14(21)17(3)6-7-18(15)9-10-4-5-11(13(19)20)12(16)8-10/h4-5,8H,6-7,9H2,1-3H3,(H,19,20). The van der Waals surface area contributed by atoms with E-state index in [4.69, 9.17) is 5.11 Å². The van der Waals surface area contributed by atoms with E-state index < -0.39 is 17.3 Å². The van der Waals surface area contributed by atoms with Gasteiger partial charge >= 0.3 is 5.97 Å². The second-order valence-corrected chi connectivity index (χ2v) is 5.83. The lowest BCUT2D eigenvalue weighted by atomic mass is 9.96. The van der Waals surface area contributed by atoms with Crippen molar-refractivity contribution in [2.75, 3.05) is 20.1 Å². The summed E-state index contributed by atoms with van der Waals surface area (Å²) in [5, 5.41) is 8.82. The average Bonchev–Trinajstić information content (AvgIpc) is 2.40. The van der Waals surface area contributed by atoms with E-state index >= 15 is 0 Å². The molecule has 0 unspecified atom stereocenters. The number of carbonyl (C=O) groups excluding carboxylic acids is 1. The van der Waals surface area contributed by atoms with Crippen molar-refractivity contribution in [2.45, 2.75) is 25.9 Å². The van der Waals surface area contributed by atoms with Crippen molar-refractivity contribution in [1.29, 1.82) is 0 Å². The van der Waals surface area contributed by atoms with Gasteiger partial charge in [0.05, 0.1) is 11.1 Å². The summed E-state index contributed by atoms with van der Waals surface area (Å²) in [7, 11) is 1.77. The molecule has 1 saturated heterocycles. The van der Waals surface area contributed by atoms with Crippen LogP contribution in [0.15, 0.2) is 18.2 Å². The zero-order chi connectivity index (χ0) is 15.8. The number of carbonyl (C=O) groups is 2. The van der Waals surface area contributed by atoms with Gasteiger partial charge in [0, 0.05) is 26.7 Å². The van der Waals surface area contributed by atoms with Crippen LogP contribution in [-0.2, 0) is 11.3 Å². The van der Waals surface area contributed by atoms with E-state index in [1.54, 1.807) is 18.0 Å². The molecule has 1 fully saturated rings. The third kappa shape index (κ3) is 2.90. The first-order valence-corrected chi connectivity index (χ1v) is 6.76. The average molecular weight is 294 g/mol. The van der Waals surface area contributed by atoms with Gasteiger partial charge in [0.1, 0.15) is 5.82 Å². The second kappa shape index (κ2) is 5.44. The van der Waals surface area contributed by atoms with Crippen molar-refractivity contribution in [3.05, 3.63) is 35.1 Å². The van der Waals surface area contributed by atoms with Crippen molar-refractivity contribution in [2.24, 2.45) is 0 Å².